The SMILES string of the molecule is c1ccc2cc(-c3c4ccccc4c(-c4ccc(-c5cccc6ccccc56)cc4)c4c3ccc3ccccc34)ccc2c1. The minimum absolute atomic E-state index is 1.23. The van der Waals surface area contributed by atoms with Gasteiger partial charge in [-0.3, -0.25) is 0 Å². The van der Waals surface area contributed by atoms with Crippen molar-refractivity contribution in [1.82, 2.24) is 0 Å². The predicted octanol–water partition coefficient (Wildman–Crippen LogP) is 12.5. The quantitative estimate of drug-likeness (QED) is 0.150. The van der Waals surface area contributed by atoms with Gasteiger partial charge in [0, 0.05) is 0 Å². The average Bonchev–Trinajstić information content (AvgIpc) is 3.10. The summed E-state index contributed by atoms with van der Waals surface area (Å²) in [5, 5.41) is 12.8. The van der Waals surface area contributed by atoms with E-state index in [0.29, 0.717) is 0 Å². The third-order valence-corrected chi connectivity index (χ3v) is 9.23. The Hall–Kier alpha value is -5.72. The van der Waals surface area contributed by atoms with E-state index in [2.05, 4.69) is 170 Å². The molecule has 0 fully saturated rings. The zero-order chi connectivity index (χ0) is 29.0. The van der Waals surface area contributed by atoms with E-state index in [1.54, 1.807) is 0 Å². The molecular weight excluding hydrogens is 528 g/mol. The number of hydrogen-bond donors (Lipinski definition) is 0. The fraction of sp³-hybridized carbons (Fsp3) is 0. The van der Waals surface area contributed by atoms with Gasteiger partial charge < -0.3 is 0 Å². The van der Waals surface area contributed by atoms with Crippen LogP contribution < -0.4 is 0 Å². The van der Waals surface area contributed by atoms with Gasteiger partial charge in [0.15, 0.2) is 0 Å². The second-order valence-electron chi connectivity index (χ2n) is 11.7. The zero-order valence-corrected chi connectivity index (χ0v) is 24.2. The van der Waals surface area contributed by atoms with Gasteiger partial charge in [-0.1, -0.05) is 164 Å². The molecule has 9 aromatic carbocycles. The first-order valence-electron chi connectivity index (χ1n) is 15.3. The molecule has 0 saturated carbocycles. The number of rotatable bonds is 3. The highest BCUT2D eigenvalue weighted by Gasteiger charge is 2.19. The standard InChI is InChI=1S/C44H28/c1-2-13-34-28-35(25-20-29(34)10-1)42-39-17-7-8-18-40(39)43(44-38-16-6-4-12-31(38)26-27-41(42)44)33-23-21-32(22-24-33)37-19-9-14-30-11-3-5-15-36(30)37/h1-28H. The Balaban J connectivity index is 1.35. The Kier molecular flexibility index (Phi) is 5.61. The largest absolute Gasteiger partial charge is 0.0616 e. The fourth-order valence-electron chi connectivity index (χ4n) is 7.20. The molecule has 0 aromatic heterocycles. The van der Waals surface area contributed by atoms with Gasteiger partial charge in [-0.25, -0.2) is 0 Å². The van der Waals surface area contributed by atoms with Crippen LogP contribution in [0.15, 0.2) is 170 Å². The van der Waals surface area contributed by atoms with Crippen molar-refractivity contribution in [3.8, 4) is 33.4 Å². The lowest BCUT2D eigenvalue weighted by Gasteiger charge is -2.20. The molecule has 0 aliphatic rings. The van der Waals surface area contributed by atoms with Gasteiger partial charge in [-0.2, -0.15) is 0 Å². The highest BCUT2D eigenvalue weighted by atomic mass is 14.2. The van der Waals surface area contributed by atoms with Gasteiger partial charge in [0.05, 0.1) is 0 Å². The molecule has 44 heavy (non-hydrogen) atoms. The van der Waals surface area contributed by atoms with Crippen molar-refractivity contribution < 1.29 is 0 Å². The lowest BCUT2D eigenvalue weighted by molar-refractivity contribution is 1.64. The van der Waals surface area contributed by atoms with Crippen molar-refractivity contribution in [3.05, 3.63) is 170 Å². The van der Waals surface area contributed by atoms with Gasteiger partial charge >= 0.3 is 0 Å². The highest BCUT2D eigenvalue weighted by molar-refractivity contribution is 6.28. The maximum Gasteiger partial charge on any atom is -0.00141 e. The van der Waals surface area contributed by atoms with Crippen LogP contribution in [0.2, 0.25) is 0 Å². The van der Waals surface area contributed by atoms with E-state index in [1.807, 2.05) is 0 Å². The minimum Gasteiger partial charge on any atom is -0.0616 e. The molecule has 0 aliphatic heterocycles. The maximum atomic E-state index is 2.35. The molecule has 0 aliphatic carbocycles. The summed E-state index contributed by atoms with van der Waals surface area (Å²) in [5.74, 6) is 0. The summed E-state index contributed by atoms with van der Waals surface area (Å²) >= 11 is 0. The van der Waals surface area contributed by atoms with Crippen molar-refractivity contribution in [2.24, 2.45) is 0 Å². The summed E-state index contributed by atoms with van der Waals surface area (Å²) in [4.78, 5) is 0. The lowest BCUT2D eigenvalue weighted by atomic mass is 9.83. The van der Waals surface area contributed by atoms with Gasteiger partial charge in [0.1, 0.15) is 0 Å². The number of hydrogen-bond acceptors (Lipinski definition) is 0. The first-order chi connectivity index (χ1) is 21.8. The zero-order valence-electron chi connectivity index (χ0n) is 24.2. The summed E-state index contributed by atoms with van der Waals surface area (Å²) in [7, 11) is 0. The summed E-state index contributed by atoms with van der Waals surface area (Å²) in [6.45, 7) is 0. The summed E-state index contributed by atoms with van der Waals surface area (Å²) in [6.07, 6.45) is 0. The normalized spacial score (nSPS) is 11.6. The molecule has 0 radical (unpaired) electrons. The van der Waals surface area contributed by atoms with Crippen LogP contribution in [0, 0.1) is 0 Å². The van der Waals surface area contributed by atoms with Crippen LogP contribution in [0.5, 0.6) is 0 Å². The van der Waals surface area contributed by atoms with E-state index in [4.69, 9.17) is 0 Å². The van der Waals surface area contributed by atoms with E-state index in [0.717, 1.165) is 0 Å². The van der Waals surface area contributed by atoms with Crippen LogP contribution in [0.3, 0.4) is 0 Å². The van der Waals surface area contributed by atoms with E-state index in [1.165, 1.54) is 87.2 Å². The van der Waals surface area contributed by atoms with Crippen LogP contribution in [0.25, 0.3) is 87.2 Å². The molecule has 0 bridgehead atoms. The van der Waals surface area contributed by atoms with Crippen molar-refractivity contribution in [2.75, 3.05) is 0 Å². The van der Waals surface area contributed by atoms with Crippen molar-refractivity contribution >= 4 is 53.9 Å². The molecule has 9 aromatic rings. The molecule has 0 saturated heterocycles. The third-order valence-electron chi connectivity index (χ3n) is 9.23. The molecular formula is C44H28. The van der Waals surface area contributed by atoms with Crippen LogP contribution >= 0.6 is 0 Å². The molecule has 0 unspecified atom stereocenters. The molecule has 204 valence electrons. The highest BCUT2D eigenvalue weighted by Crippen LogP contribution is 2.46. The smallest absolute Gasteiger partial charge is 0.00141 e. The average molecular weight is 557 g/mol. The molecule has 9 rings (SSSR count). The Morgan fingerprint density at radius 1 is 0.250 bits per heavy atom. The minimum atomic E-state index is 1.23. The first-order valence-corrected chi connectivity index (χ1v) is 15.3. The van der Waals surface area contributed by atoms with E-state index in [-0.39, 0.29) is 0 Å². The monoisotopic (exact) mass is 556 g/mol. The molecule has 0 heterocycles. The Morgan fingerprint density at radius 2 is 0.773 bits per heavy atom. The summed E-state index contributed by atoms with van der Waals surface area (Å²) in [5.41, 5.74) is 7.57. The van der Waals surface area contributed by atoms with Crippen molar-refractivity contribution in [3.63, 3.8) is 0 Å². The van der Waals surface area contributed by atoms with E-state index in [9.17, 15) is 0 Å². The van der Waals surface area contributed by atoms with Gasteiger partial charge in [-0.15, -0.1) is 0 Å². The van der Waals surface area contributed by atoms with E-state index < -0.39 is 0 Å². The fourth-order valence-corrected chi connectivity index (χ4v) is 7.20. The van der Waals surface area contributed by atoms with Crippen LogP contribution in [-0.4, -0.2) is 0 Å². The van der Waals surface area contributed by atoms with Crippen LogP contribution in [0.1, 0.15) is 0 Å². The second kappa shape index (κ2) is 9.93. The molecule has 0 atom stereocenters. The molecule has 0 nitrogen and oxygen atoms in total. The molecule has 0 heteroatoms. The summed E-state index contributed by atoms with van der Waals surface area (Å²) in [6, 6.07) is 62.3. The first kappa shape index (κ1) is 24.8. The molecule has 0 N–H and O–H groups in total. The third kappa shape index (κ3) is 3.85. The Bertz CT molecular complexity index is 2530. The van der Waals surface area contributed by atoms with Gasteiger partial charge in [0.2, 0.25) is 0 Å². The van der Waals surface area contributed by atoms with Crippen molar-refractivity contribution in [2.45, 2.75) is 0 Å². The van der Waals surface area contributed by atoms with Gasteiger partial charge in [0.25, 0.3) is 0 Å². The lowest BCUT2D eigenvalue weighted by Crippen LogP contribution is -1.92. The van der Waals surface area contributed by atoms with E-state index >= 15 is 0 Å². The predicted molar refractivity (Wildman–Crippen MR) is 190 cm³/mol. The maximum absolute atomic E-state index is 2.35. The second-order valence-corrected chi connectivity index (χ2v) is 11.7. The summed E-state index contributed by atoms with van der Waals surface area (Å²) < 4.78 is 0. The Morgan fingerprint density at radius 3 is 1.55 bits per heavy atom. The Labute approximate surface area is 256 Å². The topological polar surface area (TPSA) is 0 Å². The van der Waals surface area contributed by atoms with Gasteiger partial charge in [-0.05, 0) is 93.3 Å². The van der Waals surface area contributed by atoms with Crippen LogP contribution in [0.4, 0.5) is 0 Å². The molecule has 0 spiro atoms. The number of benzene rings is 9. The van der Waals surface area contributed by atoms with Crippen molar-refractivity contribution in [1.29, 1.82) is 0 Å². The number of fused-ring (bicyclic) bond motifs is 6. The molecule has 0 amide bonds. The van der Waals surface area contributed by atoms with Crippen LogP contribution in [-0.2, 0) is 0 Å².